The first-order valence-corrected chi connectivity index (χ1v) is 16.7. The number of aliphatic carboxylic acids is 1. The number of thioether (sulfide) groups is 2. The summed E-state index contributed by atoms with van der Waals surface area (Å²) >= 11 is 2.94. The number of benzene rings is 3. The molecule has 1 saturated heterocycles. The summed E-state index contributed by atoms with van der Waals surface area (Å²) in [6, 6.07) is 18.3. The van der Waals surface area contributed by atoms with Crippen molar-refractivity contribution in [1.29, 1.82) is 0 Å². The average molecular weight is 671 g/mol. The monoisotopic (exact) mass is 670 g/mol. The number of nitrogens with one attached hydrogen (secondary N) is 2. The lowest BCUT2D eigenvalue weighted by atomic mass is 9.92. The van der Waals surface area contributed by atoms with E-state index in [0.717, 1.165) is 16.0 Å². The van der Waals surface area contributed by atoms with Crippen molar-refractivity contribution >= 4 is 52.9 Å². The van der Waals surface area contributed by atoms with Crippen LogP contribution in [0.15, 0.2) is 77.7 Å². The highest BCUT2D eigenvalue weighted by atomic mass is 32.2. The average Bonchev–Trinajstić information content (AvgIpc) is 3.05. The molecule has 4 N–H and O–H groups in total. The fraction of sp³-hybridized carbons (Fsp3) is 0.333. The van der Waals surface area contributed by atoms with Crippen LogP contribution in [0.5, 0.6) is 5.75 Å². The summed E-state index contributed by atoms with van der Waals surface area (Å²) in [5.74, 6) is -3.22. The third-order valence-electron chi connectivity index (χ3n) is 7.32. The Morgan fingerprint density at radius 1 is 1.02 bits per heavy atom. The van der Waals surface area contributed by atoms with Crippen molar-refractivity contribution in [3.8, 4) is 5.75 Å². The molecule has 244 valence electrons. The fourth-order valence-electron chi connectivity index (χ4n) is 4.80. The number of halogens is 1. The number of β-lactam (4-membered cyclic amide) rings is 1. The van der Waals surface area contributed by atoms with E-state index in [1.165, 1.54) is 36.0 Å². The van der Waals surface area contributed by atoms with Gasteiger partial charge in [0, 0.05) is 16.3 Å². The minimum absolute atomic E-state index is 0.176. The second kappa shape index (κ2) is 16.0. The first kappa shape index (κ1) is 33.3. The normalized spacial score (nSPS) is 17.5. The van der Waals surface area contributed by atoms with Gasteiger partial charge in [0.05, 0.1) is 18.7 Å². The standard InChI is InChI=1S/C33H36FN3O7S2/c1-19(2)29(33(42)43)36-27(39)16-35-28(40)17-44-24-12-4-21(5-13-24)30-31(32(41)37(30)23-10-8-22(34)9-11-23)46-18-26(38)20-6-14-25(45-3)15-7-20/h4-15,19,26,29-31,38H,16-18H2,1-3H3,(H,35,40)(H,36,39)(H,42,43)/t26?,29-,30+,31+/m0/s1/i/hD. The lowest BCUT2D eigenvalue weighted by Crippen LogP contribution is -2.57. The van der Waals surface area contributed by atoms with Gasteiger partial charge in [0.15, 0.2) is 8.02 Å². The Labute approximate surface area is 276 Å². The van der Waals surface area contributed by atoms with E-state index in [0.29, 0.717) is 16.7 Å². The molecule has 1 aliphatic rings. The van der Waals surface area contributed by atoms with Crippen molar-refractivity contribution < 1.29 is 39.9 Å². The van der Waals surface area contributed by atoms with Gasteiger partial charge in [-0.25, -0.2) is 9.18 Å². The van der Waals surface area contributed by atoms with Gasteiger partial charge in [0.25, 0.3) is 5.91 Å². The van der Waals surface area contributed by atoms with Gasteiger partial charge in [-0.15, -0.1) is 23.5 Å². The number of amides is 3. The lowest BCUT2D eigenvalue weighted by Gasteiger charge is -2.47. The number of anilines is 1. The number of carbonyl (C=O) groups excluding carboxylic acids is 3. The smallest absolute Gasteiger partial charge is 0.326 e. The summed E-state index contributed by atoms with van der Waals surface area (Å²) in [7, 11) is 0. The summed E-state index contributed by atoms with van der Waals surface area (Å²) in [6.07, 6.45) is 1.19. The van der Waals surface area contributed by atoms with Gasteiger partial charge in [-0.2, -0.15) is 0 Å². The zero-order valence-electron chi connectivity index (χ0n) is 26.5. The Bertz CT molecular complexity index is 1560. The molecule has 3 amide bonds. The van der Waals surface area contributed by atoms with Crippen LogP contribution < -0.4 is 20.3 Å². The minimum atomic E-state index is -1.21. The van der Waals surface area contributed by atoms with Crippen molar-refractivity contribution in [2.24, 2.45) is 5.92 Å². The van der Waals surface area contributed by atoms with E-state index < -0.39 is 60.2 Å². The van der Waals surface area contributed by atoms with Gasteiger partial charge in [-0.3, -0.25) is 14.4 Å². The quantitative estimate of drug-likeness (QED) is 0.138. The van der Waals surface area contributed by atoms with E-state index in [4.69, 9.17) is 6.15 Å². The highest BCUT2D eigenvalue weighted by molar-refractivity contribution is 8.00. The van der Waals surface area contributed by atoms with Crippen LogP contribution in [0.1, 0.15) is 37.1 Å². The molecule has 0 radical (unpaired) electrons. The fourth-order valence-corrected chi connectivity index (χ4v) is 6.51. The summed E-state index contributed by atoms with van der Waals surface area (Å²) in [5, 5.41) is 22.2. The second-order valence-electron chi connectivity index (χ2n) is 10.9. The van der Waals surface area contributed by atoms with E-state index in [9.17, 15) is 33.8 Å². The second-order valence-corrected chi connectivity index (χ2v) is 12.9. The number of ether oxygens (including phenoxy) is 1. The Balaban J connectivity index is 1.40. The summed E-state index contributed by atoms with van der Waals surface area (Å²) in [4.78, 5) is 51.9. The molecule has 3 aromatic rings. The van der Waals surface area contributed by atoms with Crippen LogP contribution in [0.2, 0.25) is 1.41 Å². The van der Waals surface area contributed by atoms with Gasteiger partial charge in [-0.05, 0) is 71.8 Å². The summed E-state index contributed by atoms with van der Waals surface area (Å²) < 4.78 is 27.1. The minimum Gasteiger partial charge on any atom is -0.484 e. The van der Waals surface area contributed by atoms with E-state index in [1.807, 2.05) is 30.5 Å². The maximum Gasteiger partial charge on any atom is 0.326 e. The predicted octanol–water partition coefficient (Wildman–Crippen LogP) is 4.19. The van der Waals surface area contributed by atoms with Crippen LogP contribution in [0.3, 0.4) is 0 Å². The Morgan fingerprint density at radius 2 is 1.67 bits per heavy atom. The number of aliphatic hydroxyl groups is 1. The van der Waals surface area contributed by atoms with Crippen molar-refractivity contribution in [3.63, 3.8) is 0 Å². The van der Waals surface area contributed by atoms with E-state index in [2.05, 4.69) is 5.32 Å². The number of hydrogen-bond donors (Lipinski definition) is 4. The van der Waals surface area contributed by atoms with Crippen LogP contribution in [0.4, 0.5) is 10.1 Å². The van der Waals surface area contributed by atoms with Crippen LogP contribution >= 0.6 is 23.5 Å². The first-order valence-electron chi connectivity index (χ1n) is 14.9. The molecule has 1 fully saturated rings. The number of hydrogen-bond acceptors (Lipinski definition) is 8. The Morgan fingerprint density at radius 3 is 2.26 bits per heavy atom. The van der Waals surface area contributed by atoms with Crippen LogP contribution in [-0.2, 0) is 19.2 Å². The van der Waals surface area contributed by atoms with Gasteiger partial charge in [0.2, 0.25) is 11.8 Å². The highest BCUT2D eigenvalue weighted by Crippen LogP contribution is 2.46. The number of carboxylic acids is 1. The lowest BCUT2D eigenvalue weighted by molar-refractivity contribution is -0.143. The maximum atomic E-state index is 13.6. The van der Waals surface area contributed by atoms with Crippen LogP contribution in [0.25, 0.3) is 0 Å². The highest BCUT2D eigenvalue weighted by Gasteiger charge is 2.49. The zero-order valence-corrected chi connectivity index (χ0v) is 27.1. The number of nitrogens with zero attached hydrogens (tertiary/aromatic N) is 1. The zero-order chi connectivity index (χ0) is 34.2. The van der Waals surface area contributed by atoms with Gasteiger partial charge >= 0.3 is 5.97 Å². The first-order chi connectivity index (χ1) is 22.4. The molecule has 0 aliphatic carbocycles. The third-order valence-corrected chi connectivity index (χ3v) is 9.39. The molecule has 3 aromatic carbocycles. The van der Waals surface area contributed by atoms with Crippen LogP contribution in [-0.4, -0.2) is 70.4 Å². The molecule has 1 heterocycles. The largest absolute Gasteiger partial charge is 0.484 e. The van der Waals surface area contributed by atoms with E-state index >= 15 is 0 Å². The Hall–Kier alpha value is -4.07. The topological polar surface area (TPSA) is 145 Å². The number of carbonyl (C=O) groups is 4. The molecule has 0 saturated carbocycles. The van der Waals surface area contributed by atoms with Gasteiger partial charge in [-0.1, -0.05) is 38.1 Å². The molecule has 13 heteroatoms. The van der Waals surface area contributed by atoms with Crippen molar-refractivity contribution in [3.05, 3.63) is 89.7 Å². The van der Waals surface area contributed by atoms with Crippen LogP contribution in [0, 0.1) is 11.7 Å². The Kier molecular flexibility index (Phi) is 11.6. The molecule has 0 spiro atoms. The molecule has 0 aromatic heterocycles. The summed E-state index contributed by atoms with van der Waals surface area (Å²) in [5.41, 5.74) is 2.03. The third kappa shape index (κ3) is 8.80. The van der Waals surface area contributed by atoms with Crippen molar-refractivity contribution in [2.45, 2.75) is 42.2 Å². The molecule has 46 heavy (non-hydrogen) atoms. The maximum absolute atomic E-state index is 13.6. The molecule has 4 rings (SSSR count). The SMILES string of the molecule is [2H]N(CC(=O)N[C@H](C(=O)O)C(C)C)C(=O)COc1ccc([C@@H]2[C@@H](SCC(O)c3ccc(SC)cc3)C(=O)N2c2ccc(F)cc2)cc1. The van der Waals surface area contributed by atoms with Gasteiger partial charge in [0.1, 0.15) is 22.9 Å². The molecular formula is C33H36FN3O7S2. The molecular weight excluding hydrogens is 634 g/mol. The summed E-state index contributed by atoms with van der Waals surface area (Å²) in [6.45, 7) is 2.05. The van der Waals surface area contributed by atoms with Gasteiger partial charge < -0.3 is 30.5 Å². The molecule has 1 unspecified atom stereocenters. The number of carboxylic acid groups (broad SMARTS) is 1. The predicted molar refractivity (Wildman–Crippen MR) is 175 cm³/mol. The molecule has 4 atom stereocenters. The molecule has 1 aliphatic heterocycles. The molecule has 10 nitrogen and oxygen atoms in total. The number of aliphatic hydroxyl groups excluding tert-OH is 1. The van der Waals surface area contributed by atoms with Crippen molar-refractivity contribution in [1.82, 2.24) is 10.6 Å². The molecule has 0 bridgehead atoms. The number of rotatable bonds is 15. The van der Waals surface area contributed by atoms with E-state index in [-0.39, 0.29) is 17.6 Å². The van der Waals surface area contributed by atoms with Crippen molar-refractivity contribution in [2.75, 3.05) is 30.1 Å². The van der Waals surface area contributed by atoms with E-state index in [1.54, 1.807) is 54.8 Å².